The van der Waals surface area contributed by atoms with Crippen molar-refractivity contribution in [3.63, 3.8) is 0 Å². The maximum absolute atomic E-state index is 12.5. The standard InChI is InChI=1S/C20H21ClN6O2/c1-11-7-8-14(9-12(11)2)23-20(29)18-19(22)27(26-25-18)10-17(28)24-16-6-4-5-15(21)13(16)3/h4-9H,10,22H2,1-3H3,(H,23,29)(H,24,28). The minimum Gasteiger partial charge on any atom is -0.382 e. The second-order valence-corrected chi connectivity index (χ2v) is 7.10. The lowest BCUT2D eigenvalue weighted by molar-refractivity contribution is -0.116. The summed E-state index contributed by atoms with van der Waals surface area (Å²) in [6.45, 7) is 5.55. The molecule has 2 aromatic carbocycles. The highest BCUT2D eigenvalue weighted by molar-refractivity contribution is 6.31. The minimum atomic E-state index is -0.497. The van der Waals surface area contributed by atoms with Gasteiger partial charge in [-0.25, -0.2) is 4.68 Å². The van der Waals surface area contributed by atoms with Crippen molar-refractivity contribution in [3.05, 3.63) is 63.8 Å². The number of aromatic nitrogens is 3. The Hall–Kier alpha value is -3.39. The molecule has 1 aromatic heterocycles. The van der Waals surface area contributed by atoms with E-state index in [0.29, 0.717) is 16.4 Å². The Labute approximate surface area is 173 Å². The van der Waals surface area contributed by atoms with Gasteiger partial charge in [0.25, 0.3) is 5.91 Å². The Kier molecular flexibility index (Phi) is 5.84. The third kappa shape index (κ3) is 4.55. The van der Waals surface area contributed by atoms with Crippen molar-refractivity contribution >= 4 is 40.6 Å². The van der Waals surface area contributed by atoms with E-state index in [0.717, 1.165) is 16.7 Å². The Morgan fingerprint density at radius 3 is 2.59 bits per heavy atom. The normalized spacial score (nSPS) is 10.6. The number of carbonyl (C=O) groups is 2. The molecular weight excluding hydrogens is 392 g/mol. The number of nitrogens with two attached hydrogens (primary N) is 1. The number of aryl methyl sites for hydroxylation is 2. The van der Waals surface area contributed by atoms with Gasteiger partial charge in [-0.05, 0) is 61.7 Å². The van der Waals surface area contributed by atoms with Crippen molar-refractivity contribution in [2.75, 3.05) is 16.4 Å². The van der Waals surface area contributed by atoms with E-state index >= 15 is 0 Å². The average Bonchev–Trinajstić information content (AvgIpc) is 3.02. The van der Waals surface area contributed by atoms with Crippen LogP contribution in [0.3, 0.4) is 0 Å². The fourth-order valence-corrected chi connectivity index (χ4v) is 2.85. The molecule has 0 unspecified atom stereocenters. The molecule has 0 saturated heterocycles. The highest BCUT2D eigenvalue weighted by atomic mass is 35.5. The maximum atomic E-state index is 12.5. The summed E-state index contributed by atoms with van der Waals surface area (Å²) < 4.78 is 1.17. The average molecular weight is 413 g/mol. The summed E-state index contributed by atoms with van der Waals surface area (Å²) in [5.41, 5.74) is 10.1. The third-order valence-electron chi connectivity index (χ3n) is 4.59. The fourth-order valence-electron chi connectivity index (χ4n) is 2.68. The summed E-state index contributed by atoms with van der Waals surface area (Å²) >= 11 is 6.06. The molecule has 150 valence electrons. The van der Waals surface area contributed by atoms with Crippen LogP contribution >= 0.6 is 11.6 Å². The largest absolute Gasteiger partial charge is 0.382 e. The predicted molar refractivity (Wildman–Crippen MR) is 113 cm³/mol. The van der Waals surface area contributed by atoms with E-state index in [4.69, 9.17) is 17.3 Å². The number of anilines is 3. The first-order valence-electron chi connectivity index (χ1n) is 8.88. The molecule has 4 N–H and O–H groups in total. The second kappa shape index (κ2) is 8.32. The molecule has 0 aliphatic heterocycles. The number of hydrogen-bond donors (Lipinski definition) is 3. The van der Waals surface area contributed by atoms with Crippen molar-refractivity contribution in [2.45, 2.75) is 27.3 Å². The van der Waals surface area contributed by atoms with Crippen LogP contribution in [-0.2, 0) is 11.3 Å². The van der Waals surface area contributed by atoms with Crippen LogP contribution in [0.25, 0.3) is 0 Å². The van der Waals surface area contributed by atoms with Crippen molar-refractivity contribution in [1.29, 1.82) is 0 Å². The molecule has 1 heterocycles. The zero-order chi connectivity index (χ0) is 21.1. The minimum absolute atomic E-state index is 0.00398. The zero-order valence-electron chi connectivity index (χ0n) is 16.3. The lowest BCUT2D eigenvalue weighted by atomic mass is 10.1. The molecule has 0 saturated carbocycles. The number of amides is 2. The Morgan fingerprint density at radius 1 is 1.10 bits per heavy atom. The van der Waals surface area contributed by atoms with Gasteiger partial charge in [-0.1, -0.05) is 28.9 Å². The van der Waals surface area contributed by atoms with E-state index in [2.05, 4.69) is 20.9 Å². The Morgan fingerprint density at radius 2 is 1.86 bits per heavy atom. The van der Waals surface area contributed by atoms with E-state index in [9.17, 15) is 9.59 Å². The van der Waals surface area contributed by atoms with Crippen LogP contribution in [0.1, 0.15) is 27.2 Å². The van der Waals surface area contributed by atoms with Gasteiger partial charge in [0.1, 0.15) is 6.54 Å². The number of carbonyl (C=O) groups excluding carboxylic acids is 2. The quantitative estimate of drug-likeness (QED) is 0.594. The van der Waals surface area contributed by atoms with Crippen molar-refractivity contribution < 1.29 is 9.59 Å². The lowest BCUT2D eigenvalue weighted by Crippen LogP contribution is -2.22. The molecule has 0 aliphatic rings. The number of rotatable bonds is 5. The van der Waals surface area contributed by atoms with Gasteiger partial charge >= 0.3 is 0 Å². The number of nitrogens with zero attached hydrogens (tertiary/aromatic N) is 3. The van der Waals surface area contributed by atoms with Gasteiger partial charge in [-0.3, -0.25) is 9.59 Å². The van der Waals surface area contributed by atoms with Crippen molar-refractivity contribution in [3.8, 4) is 0 Å². The highest BCUT2D eigenvalue weighted by Crippen LogP contribution is 2.23. The fraction of sp³-hybridized carbons (Fsp3) is 0.200. The molecule has 0 spiro atoms. The smallest absolute Gasteiger partial charge is 0.280 e. The molecule has 0 atom stereocenters. The van der Waals surface area contributed by atoms with Gasteiger partial charge < -0.3 is 16.4 Å². The number of benzene rings is 2. The van der Waals surface area contributed by atoms with Gasteiger partial charge in [0.2, 0.25) is 5.91 Å². The van der Waals surface area contributed by atoms with E-state index in [-0.39, 0.29) is 24.0 Å². The van der Waals surface area contributed by atoms with E-state index in [1.807, 2.05) is 26.0 Å². The summed E-state index contributed by atoms with van der Waals surface area (Å²) in [6, 6.07) is 10.8. The molecule has 8 nitrogen and oxygen atoms in total. The predicted octanol–water partition coefficient (Wildman–Crippen LogP) is 3.33. The Balaban J connectivity index is 1.69. The molecule has 0 bridgehead atoms. The summed E-state index contributed by atoms with van der Waals surface area (Å²) in [7, 11) is 0. The zero-order valence-corrected chi connectivity index (χ0v) is 17.0. The summed E-state index contributed by atoms with van der Waals surface area (Å²) in [6.07, 6.45) is 0. The van der Waals surface area contributed by atoms with Gasteiger partial charge in [0.15, 0.2) is 11.5 Å². The maximum Gasteiger partial charge on any atom is 0.280 e. The molecule has 0 aliphatic carbocycles. The van der Waals surface area contributed by atoms with Crippen molar-refractivity contribution in [2.24, 2.45) is 0 Å². The van der Waals surface area contributed by atoms with E-state index in [1.165, 1.54) is 4.68 Å². The number of nitrogen functional groups attached to an aromatic ring is 1. The first-order valence-corrected chi connectivity index (χ1v) is 9.26. The van der Waals surface area contributed by atoms with Crippen LogP contribution in [0.4, 0.5) is 17.2 Å². The summed E-state index contributed by atoms with van der Waals surface area (Å²) in [5, 5.41) is 13.7. The van der Waals surface area contributed by atoms with Gasteiger partial charge in [-0.15, -0.1) is 5.10 Å². The number of nitrogens with one attached hydrogen (secondary N) is 2. The van der Waals surface area contributed by atoms with Crippen molar-refractivity contribution in [1.82, 2.24) is 15.0 Å². The van der Waals surface area contributed by atoms with Crippen LogP contribution in [0.5, 0.6) is 0 Å². The molecule has 0 radical (unpaired) electrons. The van der Waals surface area contributed by atoms with Crippen LogP contribution in [0.2, 0.25) is 5.02 Å². The number of halogens is 1. The molecule has 2 amide bonds. The SMILES string of the molecule is Cc1ccc(NC(=O)c2nnn(CC(=O)Nc3cccc(Cl)c3C)c2N)cc1C. The molecule has 3 rings (SSSR count). The number of hydrogen-bond acceptors (Lipinski definition) is 5. The first-order chi connectivity index (χ1) is 13.8. The van der Waals surface area contributed by atoms with Gasteiger partial charge in [-0.2, -0.15) is 0 Å². The van der Waals surface area contributed by atoms with Crippen LogP contribution in [-0.4, -0.2) is 26.8 Å². The molecular formula is C20H21ClN6O2. The first kappa shape index (κ1) is 20.3. The van der Waals surface area contributed by atoms with Crippen LogP contribution in [0, 0.1) is 20.8 Å². The van der Waals surface area contributed by atoms with E-state index in [1.54, 1.807) is 31.2 Å². The molecule has 0 fully saturated rings. The monoisotopic (exact) mass is 412 g/mol. The van der Waals surface area contributed by atoms with E-state index < -0.39 is 5.91 Å². The second-order valence-electron chi connectivity index (χ2n) is 6.69. The third-order valence-corrected chi connectivity index (χ3v) is 5.00. The molecule has 9 heteroatoms. The molecule has 29 heavy (non-hydrogen) atoms. The summed E-state index contributed by atoms with van der Waals surface area (Å²) in [5.74, 6) is -0.861. The topological polar surface area (TPSA) is 115 Å². The highest BCUT2D eigenvalue weighted by Gasteiger charge is 2.19. The Bertz CT molecular complexity index is 1090. The van der Waals surface area contributed by atoms with Gasteiger partial charge in [0, 0.05) is 16.4 Å². The lowest BCUT2D eigenvalue weighted by Gasteiger charge is -2.10. The van der Waals surface area contributed by atoms with Crippen LogP contribution < -0.4 is 16.4 Å². The molecule has 3 aromatic rings. The summed E-state index contributed by atoms with van der Waals surface area (Å²) in [4.78, 5) is 24.8. The van der Waals surface area contributed by atoms with Gasteiger partial charge in [0.05, 0.1) is 0 Å². The van der Waals surface area contributed by atoms with Crippen LogP contribution in [0.15, 0.2) is 36.4 Å².